The molecule has 184 valence electrons. The number of benzene rings is 3. The highest BCUT2D eigenvalue weighted by atomic mass is 32.2. The first kappa shape index (κ1) is 25.1. The Morgan fingerprint density at radius 1 is 0.861 bits per heavy atom. The molecule has 0 aliphatic carbocycles. The lowest BCUT2D eigenvalue weighted by Crippen LogP contribution is -2.21. The van der Waals surface area contributed by atoms with E-state index < -0.39 is 0 Å². The van der Waals surface area contributed by atoms with Crippen LogP contribution in [0.25, 0.3) is 16.9 Å². The Hall–Kier alpha value is -4.04. The zero-order chi connectivity index (χ0) is 25.5. The molecule has 3 aromatic carbocycles. The van der Waals surface area contributed by atoms with Gasteiger partial charge in [-0.05, 0) is 79.7 Å². The second kappa shape index (κ2) is 11.6. The van der Waals surface area contributed by atoms with Crippen LogP contribution in [0.4, 0.5) is 0 Å². The van der Waals surface area contributed by atoms with Gasteiger partial charge in [0.1, 0.15) is 17.2 Å². The Bertz CT molecular complexity index is 1380. The molecule has 4 aromatic rings. The summed E-state index contributed by atoms with van der Waals surface area (Å²) in [7, 11) is 3.17. The van der Waals surface area contributed by atoms with Gasteiger partial charge in [-0.15, -0.1) is 0 Å². The van der Waals surface area contributed by atoms with Crippen molar-refractivity contribution in [3.63, 3.8) is 0 Å². The van der Waals surface area contributed by atoms with Crippen LogP contribution in [0.2, 0.25) is 0 Å². The van der Waals surface area contributed by atoms with Crippen molar-refractivity contribution in [3.8, 4) is 34.2 Å². The SMILES string of the molecule is CCOc1ccc(-n2c(SCC(=O)c3ccc(OC)cc3)nc(-c3ccc(OC)cc3)cc2=O)cc1. The summed E-state index contributed by atoms with van der Waals surface area (Å²) in [6, 6.07) is 23.0. The lowest BCUT2D eigenvalue weighted by molar-refractivity contribution is 0.102. The van der Waals surface area contributed by atoms with Gasteiger partial charge in [-0.2, -0.15) is 0 Å². The lowest BCUT2D eigenvalue weighted by atomic mass is 10.1. The molecule has 0 aliphatic rings. The van der Waals surface area contributed by atoms with Crippen LogP contribution >= 0.6 is 11.8 Å². The normalized spacial score (nSPS) is 10.6. The summed E-state index contributed by atoms with van der Waals surface area (Å²) in [5.41, 5.74) is 2.24. The number of carbonyl (C=O) groups is 1. The molecule has 0 spiro atoms. The summed E-state index contributed by atoms with van der Waals surface area (Å²) >= 11 is 1.22. The number of thioether (sulfide) groups is 1. The van der Waals surface area contributed by atoms with Crippen molar-refractivity contribution >= 4 is 17.5 Å². The molecule has 0 saturated carbocycles. The fourth-order valence-corrected chi connectivity index (χ4v) is 4.47. The van der Waals surface area contributed by atoms with Gasteiger partial charge in [-0.3, -0.25) is 14.2 Å². The van der Waals surface area contributed by atoms with Gasteiger partial charge in [-0.1, -0.05) is 11.8 Å². The molecule has 0 aliphatic heterocycles. The van der Waals surface area contributed by atoms with E-state index in [1.807, 2.05) is 31.2 Å². The fraction of sp³-hybridized carbons (Fsp3) is 0.179. The van der Waals surface area contributed by atoms with Gasteiger partial charge in [0.05, 0.1) is 38.0 Å². The molecule has 36 heavy (non-hydrogen) atoms. The summed E-state index contributed by atoms with van der Waals surface area (Å²) in [6.45, 7) is 2.46. The van der Waals surface area contributed by atoms with Crippen molar-refractivity contribution in [1.29, 1.82) is 0 Å². The molecule has 0 saturated heterocycles. The zero-order valence-electron chi connectivity index (χ0n) is 20.3. The predicted molar refractivity (Wildman–Crippen MR) is 141 cm³/mol. The van der Waals surface area contributed by atoms with E-state index in [0.29, 0.717) is 46.0 Å². The standard InChI is InChI=1S/C28H26N2O5S/c1-4-35-24-15-9-21(10-16-24)30-27(32)17-25(19-5-11-22(33-2)12-6-19)29-28(30)36-18-26(31)20-7-13-23(34-3)14-8-20/h5-17H,4,18H2,1-3H3. The summed E-state index contributed by atoms with van der Waals surface area (Å²) in [5.74, 6) is 2.13. The van der Waals surface area contributed by atoms with Crippen LogP contribution < -0.4 is 19.8 Å². The van der Waals surface area contributed by atoms with Crippen molar-refractivity contribution < 1.29 is 19.0 Å². The van der Waals surface area contributed by atoms with E-state index in [9.17, 15) is 9.59 Å². The number of hydrogen-bond acceptors (Lipinski definition) is 7. The Balaban J connectivity index is 1.69. The third-order valence-corrected chi connectivity index (χ3v) is 6.36. The molecule has 0 radical (unpaired) electrons. The molecule has 0 fully saturated rings. The molecule has 0 unspecified atom stereocenters. The van der Waals surface area contributed by atoms with Crippen LogP contribution in [-0.4, -0.2) is 41.9 Å². The number of hydrogen-bond donors (Lipinski definition) is 0. The number of aromatic nitrogens is 2. The maximum atomic E-state index is 13.3. The maximum absolute atomic E-state index is 13.3. The minimum atomic E-state index is -0.251. The van der Waals surface area contributed by atoms with Crippen molar-refractivity contribution in [2.24, 2.45) is 0 Å². The van der Waals surface area contributed by atoms with Crippen LogP contribution in [0.1, 0.15) is 17.3 Å². The predicted octanol–water partition coefficient (Wildman–Crippen LogP) is 5.29. The number of Topliss-reactive ketones (excluding diaryl/α,β-unsaturated/α-hetero) is 1. The molecule has 0 amide bonds. The number of methoxy groups -OCH3 is 2. The highest BCUT2D eigenvalue weighted by Gasteiger charge is 2.16. The number of carbonyl (C=O) groups excluding carboxylic acids is 1. The van der Waals surface area contributed by atoms with E-state index in [1.165, 1.54) is 22.4 Å². The van der Waals surface area contributed by atoms with Crippen molar-refractivity contribution in [2.75, 3.05) is 26.6 Å². The topological polar surface area (TPSA) is 79.7 Å². The van der Waals surface area contributed by atoms with Crippen molar-refractivity contribution in [3.05, 3.63) is 94.8 Å². The quantitative estimate of drug-likeness (QED) is 0.166. The van der Waals surface area contributed by atoms with Crippen LogP contribution in [0.15, 0.2) is 88.8 Å². The van der Waals surface area contributed by atoms with Gasteiger partial charge in [0, 0.05) is 17.2 Å². The molecule has 1 heterocycles. The van der Waals surface area contributed by atoms with E-state index in [2.05, 4.69) is 0 Å². The highest BCUT2D eigenvalue weighted by Crippen LogP contribution is 2.26. The van der Waals surface area contributed by atoms with Crippen LogP contribution in [-0.2, 0) is 0 Å². The molecule has 0 atom stereocenters. The van der Waals surface area contributed by atoms with Gasteiger partial charge in [0.25, 0.3) is 5.56 Å². The van der Waals surface area contributed by atoms with Crippen LogP contribution in [0.5, 0.6) is 17.2 Å². The number of ether oxygens (including phenoxy) is 3. The van der Waals surface area contributed by atoms with Crippen LogP contribution in [0, 0.1) is 0 Å². The number of nitrogens with zero attached hydrogens (tertiary/aromatic N) is 2. The monoisotopic (exact) mass is 502 g/mol. The minimum Gasteiger partial charge on any atom is -0.497 e. The van der Waals surface area contributed by atoms with Gasteiger partial charge >= 0.3 is 0 Å². The molecular weight excluding hydrogens is 476 g/mol. The molecular formula is C28H26N2O5S. The summed E-state index contributed by atoms with van der Waals surface area (Å²) in [6.07, 6.45) is 0. The average Bonchev–Trinajstić information content (AvgIpc) is 2.92. The van der Waals surface area contributed by atoms with E-state index >= 15 is 0 Å². The van der Waals surface area contributed by atoms with Gasteiger partial charge < -0.3 is 14.2 Å². The van der Waals surface area contributed by atoms with Crippen molar-refractivity contribution in [2.45, 2.75) is 12.1 Å². The first-order chi connectivity index (χ1) is 17.5. The molecule has 4 rings (SSSR count). The summed E-state index contributed by atoms with van der Waals surface area (Å²) < 4.78 is 17.4. The van der Waals surface area contributed by atoms with Gasteiger partial charge in [-0.25, -0.2) is 4.98 Å². The molecule has 0 N–H and O–H groups in total. The second-order valence-corrected chi connectivity index (χ2v) is 8.64. The van der Waals surface area contributed by atoms with E-state index in [-0.39, 0.29) is 17.1 Å². The highest BCUT2D eigenvalue weighted by molar-refractivity contribution is 7.99. The third-order valence-electron chi connectivity index (χ3n) is 5.42. The van der Waals surface area contributed by atoms with Crippen molar-refractivity contribution in [1.82, 2.24) is 9.55 Å². The second-order valence-electron chi connectivity index (χ2n) is 7.69. The van der Waals surface area contributed by atoms with Gasteiger partial charge in [0.15, 0.2) is 10.9 Å². The van der Waals surface area contributed by atoms with E-state index in [1.54, 1.807) is 62.8 Å². The Kier molecular flexibility index (Phi) is 8.07. The largest absolute Gasteiger partial charge is 0.497 e. The zero-order valence-corrected chi connectivity index (χ0v) is 21.1. The number of ketones is 1. The Labute approximate surface area is 213 Å². The fourth-order valence-electron chi connectivity index (χ4n) is 3.55. The average molecular weight is 503 g/mol. The first-order valence-corrected chi connectivity index (χ1v) is 12.3. The van der Waals surface area contributed by atoms with E-state index in [0.717, 1.165) is 5.56 Å². The maximum Gasteiger partial charge on any atom is 0.259 e. The first-order valence-electron chi connectivity index (χ1n) is 11.3. The molecule has 1 aromatic heterocycles. The molecule has 0 bridgehead atoms. The van der Waals surface area contributed by atoms with E-state index in [4.69, 9.17) is 19.2 Å². The van der Waals surface area contributed by atoms with Gasteiger partial charge in [0.2, 0.25) is 0 Å². The van der Waals surface area contributed by atoms with Crippen LogP contribution in [0.3, 0.4) is 0 Å². The number of rotatable bonds is 10. The summed E-state index contributed by atoms with van der Waals surface area (Å²) in [4.78, 5) is 31.0. The minimum absolute atomic E-state index is 0.0787. The smallest absolute Gasteiger partial charge is 0.259 e. The third kappa shape index (κ3) is 5.78. The Morgan fingerprint density at radius 3 is 2.03 bits per heavy atom. The Morgan fingerprint density at radius 2 is 1.44 bits per heavy atom. The molecule has 7 nitrogen and oxygen atoms in total. The summed E-state index contributed by atoms with van der Waals surface area (Å²) in [5, 5.41) is 0.416. The molecule has 8 heteroatoms. The lowest BCUT2D eigenvalue weighted by Gasteiger charge is -2.14.